The molecule has 4 nitrogen and oxygen atoms in total. The number of hydrogen-bond acceptors (Lipinski definition) is 2. The highest BCUT2D eigenvalue weighted by atomic mass is 32.2. The third kappa shape index (κ3) is 5.36. The van der Waals surface area contributed by atoms with Crippen LogP contribution in [0.3, 0.4) is 0 Å². The minimum absolute atomic E-state index is 0.457. The second-order valence-corrected chi connectivity index (χ2v) is 5.77. The van der Waals surface area contributed by atoms with Crippen LogP contribution in [0.1, 0.15) is 41.5 Å². The summed E-state index contributed by atoms with van der Waals surface area (Å²) in [6.45, 7) is 10.3. The summed E-state index contributed by atoms with van der Waals surface area (Å²) in [7, 11) is 0. The summed E-state index contributed by atoms with van der Waals surface area (Å²) in [5, 5.41) is 11.3. The molecule has 79 valence electrons. The first kappa shape index (κ1) is 13.0. The fourth-order valence-corrected chi connectivity index (χ4v) is 1.41. The summed E-state index contributed by atoms with van der Waals surface area (Å²) >= 11 is -1.93. The molecule has 0 amide bonds. The fourth-order valence-electron chi connectivity index (χ4n) is 0.471. The molecule has 0 bridgehead atoms. The van der Waals surface area contributed by atoms with E-state index in [1.165, 1.54) is 0 Å². The van der Waals surface area contributed by atoms with Crippen molar-refractivity contribution in [2.24, 2.45) is 0 Å². The standard InChI is InChI=1S/C8H18NO3S/c1-7(2,3)9(10)13(11)12-8(4,5)6/h1-6H3. The highest BCUT2D eigenvalue weighted by molar-refractivity contribution is 7.77. The lowest BCUT2D eigenvalue weighted by molar-refractivity contribution is -0.137. The first-order chi connectivity index (χ1) is 5.54. The Morgan fingerprint density at radius 2 is 1.46 bits per heavy atom. The molecule has 0 aliphatic carbocycles. The van der Waals surface area contributed by atoms with Gasteiger partial charge in [-0.1, -0.05) is 0 Å². The Kier molecular flexibility index (Phi) is 4.05. The average molecular weight is 208 g/mol. The van der Waals surface area contributed by atoms with Crippen LogP contribution in [0.2, 0.25) is 0 Å². The van der Waals surface area contributed by atoms with Crippen LogP contribution in [-0.2, 0) is 20.7 Å². The predicted octanol–water partition coefficient (Wildman–Crippen LogP) is 1.83. The zero-order valence-electron chi connectivity index (χ0n) is 9.08. The first-order valence-electron chi connectivity index (χ1n) is 4.13. The second kappa shape index (κ2) is 4.04. The van der Waals surface area contributed by atoms with Gasteiger partial charge >= 0.3 is 0 Å². The lowest BCUT2D eigenvalue weighted by Gasteiger charge is -2.27. The van der Waals surface area contributed by atoms with Crippen molar-refractivity contribution in [3.63, 3.8) is 0 Å². The minimum Gasteiger partial charge on any atom is -0.271 e. The molecular weight excluding hydrogens is 190 g/mol. The molecule has 1 atom stereocenters. The fraction of sp³-hybridized carbons (Fsp3) is 1.00. The van der Waals surface area contributed by atoms with Crippen molar-refractivity contribution >= 4 is 11.3 Å². The van der Waals surface area contributed by atoms with E-state index < -0.39 is 22.4 Å². The van der Waals surface area contributed by atoms with Gasteiger partial charge < -0.3 is 0 Å². The first-order valence-corrected chi connectivity index (χ1v) is 5.16. The molecule has 1 radical (unpaired) electrons. The molecule has 0 aliphatic heterocycles. The summed E-state index contributed by atoms with van der Waals surface area (Å²) in [4.78, 5) is 0. The Morgan fingerprint density at radius 3 is 1.69 bits per heavy atom. The van der Waals surface area contributed by atoms with E-state index in [0.717, 1.165) is 0 Å². The number of nitrogens with zero attached hydrogens (tertiary/aromatic N) is 1. The van der Waals surface area contributed by atoms with E-state index in [9.17, 15) is 9.42 Å². The van der Waals surface area contributed by atoms with Gasteiger partial charge in [0.15, 0.2) is 0 Å². The van der Waals surface area contributed by atoms with Crippen LogP contribution in [0.25, 0.3) is 0 Å². The number of rotatable bonds is 2. The molecule has 0 spiro atoms. The van der Waals surface area contributed by atoms with Gasteiger partial charge in [0.05, 0.1) is 11.1 Å². The third-order valence-electron chi connectivity index (χ3n) is 1.00. The summed E-state index contributed by atoms with van der Waals surface area (Å²) < 4.78 is 16.8. The third-order valence-corrected chi connectivity index (χ3v) is 2.47. The van der Waals surface area contributed by atoms with Gasteiger partial charge in [-0.15, -0.1) is 5.21 Å². The van der Waals surface area contributed by atoms with Gasteiger partial charge in [0.1, 0.15) is 0 Å². The Balaban J connectivity index is 4.30. The monoisotopic (exact) mass is 208 g/mol. The Morgan fingerprint density at radius 1 is 1.08 bits per heavy atom. The van der Waals surface area contributed by atoms with Gasteiger partial charge in [-0.25, -0.2) is 4.21 Å². The van der Waals surface area contributed by atoms with Crippen LogP contribution < -0.4 is 0 Å². The smallest absolute Gasteiger partial charge is 0.265 e. The van der Waals surface area contributed by atoms with E-state index in [2.05, 4.69) is 0 Å². The van der Waals surface area contributed by atoms with E-state index in [1.807, 2.05) is 0 Å². The van der Waals surface area contributed by atoms with Gasteiger partial charge in [0.25, 0.3) is 11.3 Å². The molecular formula is C8H18NO3S. The van der Waals surface area contributed by atoms with Crippen molar-refractivity contribution in [1.29, 1.82) is 0 Å². The quantitative estimate of drug-likeness (QED) is 0.650. The zero-order chi connectivity index (χ0) is 10.9. The van der Waals surface area contributed by atoms with Crippen molar-refractivity contribution in [3.05, 3.63) is 0 Å². The largest absolute Gasteiger partial charge is 0.271 e. The molecule has 0 aromatic rings. The van der Waals surface area contributed by atoms with Gasteiger partial charge in [-0.2, -0.15) is 0 Å². The van der Waals surface area contributed by atoms with Crippen molar-refractivity contribution in [2.75, 3.05) is 0 Å². The van der Waals surface area contributed by atoms with Crippen LogP contribution in [0.5, 0.6) is 0 Å². The van der Waals surface area contributed by atoms with Gasteiger partial charge in [-0.3, -0.25) is 4.18 Å². The van der Waals surface area contributed by atoms with E-state index in [-0.39, 0.29) is 0 Å². The molecule has 0 saturated heterocycles. The Hall–Kier alpha value is 0.0300. The van der Waals surface area contributed by atoms with Crippen molar-refractivity contribution < 1.29 is 13.6 Å². The zero-order valence-corrected chi connectivity index (χ0v) is 9.90. The van der Waals surface area contributed by atoms with Gasteiger partial charge in [0.2, 0.25) is 0 Å². The lowest BCUT2D eigenvalue weighted by Crippen LogP contribution is -2.41. The van der Waals surface area contributed by atoms with Gasteiger partial charge in [0, 0.05) is 0 Å². The predicted molar refractivity (Wildman–Crippen MR) is 51.3 cm³/mol. The lowest BCUT2D eigenvalue weighted by atomic mass is 10.1. The SMILES string of the molecule is CC(C)(C)OS(=O)N([O])C(C)(C)C. The topological polar surface area (TPSA) is 49.4 Å². The molecule has 0 rings (SSSR count). The van der Waals surface area contributed by atoms with Crippen molar-refractivity contribution in [2.45, 2.75) is 52.7 Å². The highest BCUT2D eigenvalue weighted by Crippen LogP contribution is 2.18. The minimum atomic E-state index is -1.93. The van der Waals surface area contributed by atoms with Gasteiger partial charge in [-0.05, 0) is 46.0 Å². The maximum atomic E-state index is 11.3. The van der Waals surface area contributed by atoms with Crippen LogP contribution in [-0.4, -0.2) is 19.8 Å². The van der Waals surface area contributed by atoms with Crippen LogP contribution >= 0.6 is 0 Å². The van der Waals surface area contributed by atoms with Crippen molar-refractivity contribution in [3.8, 4) is 0 Å². The molecule has 0 heterocycles. The molecule has 0 saturated carbocycles. The summed E-state index contributed by atoms with van der Waals surface area (Å²) in [6.07, 6.45) is 0. The van der Waals surface area contributed by atoms with Crippen LogP contribution in [0, 0.1) is 0 Å². The van der Waals surface area contributed by atoms with E-state index >= 15 is 0 Å². The van der Waals surface area contributed by atoms with E-state index in [1.54, 1.807) is 41.5 Å². The average Bonchev–Trinajstić information content (AvgIpc) is 1.79. The van der Waals surface area contributed by atoms with Crippen LogP contribution in [0.15, 0.2) is 0 Å². The Labute approximate surface area is 82.6 Å². The Bertz CT molecular complexity index is 193. The molecule has 0 aromatic heterocycles. The molecule has 0 aliphatic rings. The van der Waals surface area contributed by atoms with E-state index in [0.29, 0.717) is 4.47 Å². The summed E-state index contributed by atoms with van der Waals surface area (Å²) in [5.74, 6) is 0. The molecule has 1 unspecified atom stereocenters. The normalized spacial score (nSPS) is 16.3. The molecule has 0 N–H and O–H groups in total. The maximum absolute atomic E-state index is 11.3. The highest BCUT2D eigenvalue weighted by Gasteiger charge is 2.30. The van der Waals surface area contributed by atoms with E-state index in [4.69, 9.17) is 4.18 Å². The summed E-state index contributed by atoms with van der Waals surface area (Å²) in [5.41, 5.74) is -1.27. The molecule has 13 heavy (non-hydrogen) atoms. The molecule has 0 fully saturated rings. The number of hydroxylamine groups is 1. The molecule has 5 heteroatoms. The number of hydrogen-bond donors (Lipinski definition) is 0. The summed E-state index contributed by atoms with van der Waals surface area (Å²) in [6, 6.07) is 0. The maximum Gasteiger partial charge on any atom is 0.265 e. The van der Waals surface area contributed by atoms with Crippen molar-refractivity contribution in [1.82, 2.24) is 4.47 Å². The second-order valence-electron chi connectivity index (χ2n) is 4.84. The molecule has 0 aromatic carbocycles. The van der Waals surface area contributed by atoms with Crippen LogP contribution in [0.4, 0.5) is 0 Å².